The summed E-state index contributed by atoms with van der Waals surface area (Å²) in [7, 11) is 1.33. The van der Waals surface area contributed by atoms with E-state index in [2.05, 4.69) is 4.74 Å². The van der Waals surface area contributed by atoms with Crippen LogP contribution in [0.25, 0.3) is 0 Å². The Morgan fingerprint density at radius 2 is 2.00 bits per heavy atom. The molecule has 1 atom stereocenters. The van der Waals surface area contributed by atoms with Crippen molar-refractivity contribution in [2.24, 2.45) is 11.7 Å². The molecule has 0 aromatic heterocycles. The molecule has 17 heavy (non-hydrogen) atoms. The molecule has 0 rings (SSSR count). The first-order chi connectivity index (χ1) is 8.08. The summed E-state index contributed by atoms with van der Waals surface area (Å²) >= 11 is 0. The third-order valence-electron chi connectivity index (χ3n) is 2.77. The van der Waals surface area contributed by atoms with Crippen LogP contribution in [0.15, 0.2) is 0 Å². The van der Waals surface area contributed by atoms with Gasteiger partial charge in [-0.05, 0) is 18.9 Å². The van der Waals surface area contributed by atoms with Gasteiger partial charge in [0.1, 0.15) is 6.54 Å². The minimum Gasteiger partial charge on any atom is -0.468 e. The number of amides is 1. The maximum absolute atomic E-state index is 12.0. The third-order valence-corrected chi connectivity index (χ3v) is 2.77. The molecule has 0 aliphatic rings. The van der Waals surface area contributed by atoms with Crippen molar-refractivity contribution in [1.29, 1.82) is 0 Å². The number of methoxy groups -OCH3 is 1. The number of hydrogen-bond donors (Lipinski definition) is 1. The smallest absolute Gasteiger partial charge is 0.325 e. The number of carbonyl (C=O) groups excluding carboxylic acids is 2. The molecule has 5 nitrogen and oxygen atoms in total. The number of nitrogens with two attached hydrogens (primary N) is 1. The second-order valence-corrected chi connectivity index (χ2v) is 4.11. The molecule has 0 heterocycles. The first kappa shape index (κ1) is 15.9. The Balaban J connectivity index is 4.37. The topological polar surface area (TPSA) is 72.6 Å². The lowest BCUT2D eigenvalue weighted by atomic mass is 10.0. The molecule has 0 radical (unpaired) electrons. The minimum absolute atomic E-state index is 0.0189. The van der Waals surface area contributed by atoms with Crippen molar-refractivity contribution in [2.45, 2.75) is 33.1 Å². The van der Waals surface area contributed by atoms with Crippen LogP contribution in [0.2, 0.25) is 0 Å². The number of nitrogens with zero attached hydrogens (tertiary/aromatic N) is 1. The number of esters is 1. The van der Waals surface area contributed by atoms with E-state index in [0.717, 1.165) is 12.8 Å². The van der Waals surface area contributed by atoms with Crippen molar-refractivity contribution < 1.29 is 14.3 Å². The van der Waals surface area contributed by atoms with E-state index in [1.807, 2.05) is 13.8 Å². The van der Waals surface area contributed by atoms with Crippen molar-refractivity contribution >= 4 is 11.9 Å². The second kappa shape index (κ2) is 8.98. The number of hydrogen-bond acceptors (Lipinski definition) is 4. The molecular weight excluding hydrogens is 220 g/mol. The van der Waals surface area contributed by atoms with Crippen molar-refractivity contribution in [2.75, 3.05) is 26.7 Å². The van der Waals surface area contributed by atoms with Crippen LogP contribution in [-0.2, 0) is 14.3 Å². The maximum atomic E-state index is 12.0. The van der Waals surface area contributed by atoms with Crippen LogP contribution in [0.5, 0.6) is 0 Å². The van der Waals surface area contributed by atoms with Gasteiger partial charge in [-0.1, -0.05) is 20.3 Å². The molecule has 1 unspecified atom stereocenters. The van der Waals surface area contributed by atoms with E-state index >= 15 is 0 Å². The quantitative estimate of drug-likeness (QED) is 0.640. The van der Waals surface area contributed by atoms with E-state index in [9.17, 15) is 9.59 Å². The van der Waals surface area contributed by atoms with Gasteiger partial charge in [-0.2, -0.15) is 0 Å². The minimum atomic E-state index is -0.382. The van der Waals surface area contributed by atoms with Crippen LogP contribution in [-0.4, -0.2) is 43.5 Å². The average Bonchev–Trinajstić information content (AvgIpc) is 2.34. The summed E-state index contributed by atoms with van der Waals surface area (Å²) in [5.41, 5.74) is 5.57. The average molecular weight is 244 g/mol. The van der Waals surface area contributed by atoms with Crippen molar-refractivity contribution in [3.63, 3.8) is 0 Å². The number of carbonyl (C=O) groups is 2. The number of ether oxygens (including phenoxy) is 1. The molecule has 100 valence electrons. The fourth-order valence-electron chi connectivity index (χ4n) is 1.55. The Kier molecular flexibility index (Phi) is 8.40. The van der Waals surface area contributed by atoms with Crippen LogP contribution >= 0.6 is 0 Å². The lowest BCUT2D eigenvalue weighted by Gasteiger charge is -2.23. The Labute approximate surface area is 103 Å². The molecule has 5 heteroatoms. The summed E-state index contributed by atoms with van der Waals surface area (Å²) in [6.07, 6.45) is 2.10. The molecule has 1 amide bonds. The van der Waals surface area contributed by atoms with Gasteiger partial charge in [0.25, 0.3) is 0 Å². The molecule has 0 bridgehead atoms. The highest BCUT2D eigenvalue weighted by atomic mass is 16.5. The molecule has 0 aliphatic heterocycles. The van der Waals surface area contributed by atoms with Crippen molar-refractivity contribution in [1.82, 2.24) is 4.90 Å². The largest absolute Gasteiger partial charge is 0.468 e. The molecular formula is C12H24N2O3. The van der Waals surface area contributed by atoms with E-state index in [4.69, 9.17) is 5.73 Å². The van der Waals surface area contributed by atoms with Gasteiger partial charge in [0.05, 0.1) is 7.11 Å². The summed E-state index contributed by atoms with van der Waals surface area (Å²) in [6, 6.07) is 0. The van der Waals surface area contributed by atoms with E-state index in [1.165, 1.54) is 7.11 Å². The lowest BCUT2D eigenvalue weighted by molar-refractivity contribution is -0.147. The number of rotatable bonds is 8. The maximum Gasteiger partial charge on any atom is 0.325 e. The van der Waals surface area contributed by atoms with Gasteiger partial charge < -0.3 is 15.4 Å². The fraction of sp³-hybridized carbons (Fsp3) is 0.833. The summed E-state index contributed by atoms with van der Waals surface area (Å²) in [4.78, 5) is 24.7. The van der Waals surface area contributed by atoms with Crippen LogP contribution in [0.1, 0.15) is 33.1 Å². The van der Waals surface area contributed by atoms with E-state index in [0.29, 0.717) is 19.5 Å². The molecule has 2 N–H and O–H groups in total. The zero-order valence-electron chi connectivity index (χ0n) is 11.1. The van der Waals surface area contributed by atoms with Gasteiger partial charge >= 0.3 is 5.97 Å². The molecule has 0 aromatic carbocycles. The Hall–Kier alpha value is -1.10. The molecule has 0 saturated carbocycles. The van der Waals surface area contributed by atoms with Crippen molar-refractivity contribution in [3.8, 4) is 0 Å². The van der Waals surface area contributed by atoms with E-state index < -0.39 is 0 Å². The third kappa shape index (κ3) is 6.26. The molecule has 0 fully saturated rings. The normalized spacial score (nSPS) is 12.0. The van der Waals surface area contributed by atoms with E-state index in [-0.39, 0.29) is 24.3 Å². The Morgan fingerprint density at radius 1 is 1.35 bits per heavy atom. The van der Waals surface area contributed by atoms with Crippen molar-refractivity contribution in [3.05, 3.63) is 0 Å². The van der Waals surface area contributed by atoms with Gasteiger partial charge in [0, 0.05) is 13.0 Å². The summed E-state index contributed by atoms with van der Waals surface area (Å²) in [5.74, 6) is -0.207. The molecule has 0 aromatic rings. The van der Waals surface area contributed by atoms with Gasteiger partial charge in [0.2, 0.25) is 5.91 Å². The Morgan fingerprint density at radius 3 is 2.41 bits per heavy atom. The molecule has 0 aliphatic carbocycles. The lowest BCUT2D eigenvalue weighted by Crippen LogP contribution is -2.38. The van der Waals surface area contributed by atoms with Gasteiger partial charge in [0.15, 0.2) is 0 Å². The highest BCUT2D eigenvalue weighted by Crippen LogP contribution is 2.09. The van der Waals surface area contributed by atoms with Gasteiger partial charge in [-0.25, -0.2) is 0 Å². The second-order valence-electron chi connectivity index (χ2n) is 4.11. The van der Waals surface area contributed by atoms with Gasteiger partial charge in [-0.15, -0.1) is 0 Å². The molecule has 0 spiro atoms. The van der Waals surface area contributed by atoms with E-state index in [1.54, 1.807) is 4.90 Å². The zero-order chi connectivity index (χ0) is 13.3. The standard InChI is InChI=1S/C12H24N2O3/c1-4-6-14(9-12(16)17-3)11(15)7-10(5-2)8-13/h10H,4-9,13H2,1-3H3. The SMILES string of the molecule is CCCN(CC(=O)OC)C(=O)CC(CC)CN. The summed E-state index contributed by atoms with van der Waals surface area (Å²) in [6.45, 7) is 5.09. The predicted molar refractivity (Wildman–Crippen MR) is 66.3 cm³/mol. The van der Waals surface area contributed by atoms with Crippen LogP contribution in [0.3, 0.4) is 0 Å². The first-order valence-electron chi connectivity index (χ1n) is 6.13. The molecule has 0 saturated heterocycles. The van der Waals surface area contributed by atoms with Gasteiger partial charge in [-0.3, -0.25) is 9.59 Å². The van der Waals surface area contributed by atoms with Crippen LogP contribution in [0.4, 0.5) is 0 Å². The fourth-order valence-corrected chi connectivity index (χ4v) is 1.55. The highest BCUT2D eigenvalue weighted by molar-refractivity contribution is 5.82. The summed E-state index contributed by atoms with van der Waals surface area (Å²) < 4.78 is 4.58. The Bertz CT molecular complexity index is 240. The first-order valence-corrected chi connectivity index (χ1v) is 6.13. The highest BCUT2D eigenvalue weighted by Gasteiger charge is 2.19. The van der Waals surface area contributed by atoms with Crippen LogP contribution in [0, 0.1) is 5.92 Å². The van der Waals surface area contributed by atoms with Crippen LogP contribution < -0.4 is 5.73 Å². The summed E-state index contributed by atoms with van der Waals surface area (Å²) in [5, 5.41) is 0. The zero-order valence-corrected chi connectivity index (χ0v) is 11.1. The predicted octanol–water partition coefficient (Wildman–Crippen LogP) is 0.773. The monoisotopic (exact) mass is 244 g/mol.